The Morgan fingerprint density at radius 2 is 1.62 bits per heavy atom. The zero-order valence-electron chi connectivity index (χ0n) is 18.0. The van der Waals surface area contributed by atoms with Gasteiger partial charge in [0.15, 0.2) is 0 Å². The van der Waals surface area contributed by atoms with Crippen LogP contribution in [0.3, 0.4) is 0 Å². The molecule has 0 bridgehead atoms. The summed E-state index contributed by atoms with van der Waals surface area (Å²) in [7, 11) is 0. The first-order valence-electron chi connectivity index (χ1n) is 9.86. The third-order valence-corrected chi connectivity index (χ3v) is 4.86. The Balaban J connectivity index is 0.000000471. The van der Waals surface area contributed by atoms with Crippen molar-refractivity contribution in [2.45, 2.75) is 33.2 Å². The van der Waals surface area contributed by atoms with Gasteiger partial charge in [0.2, 0.25) is 5.91 Å². The number of nitrogens with one attached hydrogen (secondary N) is 3. The monoisotopic (exact) mass is 545 g/mol. The molecule has 2 rings (SSSR count). The molecule has 1 atom stereocenters. The summed E-state index contributed by atoms with van der Waals surface area (Å²) in [4.78, 5) is 34.7. The highest BCUT2D eigenvalue weighted by atomic mass is 79.9. The quantitative estimate of drug-likeness (QED) is 0.416. The minimum atomic E-state index is -0.838. The van der Waals surface area contributed by atoms with Crippen LogP contribution in [0.4, 0.5) is 10.5 Å². The predicted octanol–water partition coefficient (Wildman–Crippen LogP) is 5.19. The Hall–Kier alpha value is -2.29. The van der Waals surface area contributed by atoms with Gasteiger partial charge in [-0.1, -0.05) is 58.2 Å². The highest BCUT2D eigenvalue weighted by Gasteiger charge is 2.16. The second-order valence-electron chi connectivity index (χ2n) is 6.48. The highest BCUT2D eigenvalue weighted by molar-refractivity contribution is 9.10. The van der Waals surface area contributed by atoms with Crippen molar-refractivity contribution in [2.24, 2.45) is 0 Å². The van der Waals surface area contributed by atoms with Gasteiger partial charge < -0.3 is 20.7 Å². The van der Waals surface area contributed by atoms with E-state index in [1.807, 2.05) is 0 Å². The van der Waals surface area contributed by atoms with Gasteiger partial charge in [-0.05, 0) is 56.2 Å². The van der Waals surface area contributed by atoms with Crippen molar-refractivity contribution in [3.05, 3.63) is 62.5 Å². The zero-order chi connectivity index (χ0) is 24.1. The number of amides is 3. The molecule has 0 saturated heterocycles. The molecule has 0 saturated carbocycles. The molecule has 0 heterocycles. The van der Waals surface area contributed by atoms with E-state index in [4.69, 9.17) is 23.2 Å². The average Bonchev–Trinajstić information content (AvgIpc) is 2.72. The lowest BCUT2D eigenvalue weighted by Crippen LogP contribution is -2.47. The second kappa shape index (κ2) is 14.7. The third kappa shape index (κ3) is 11.4. The van der Waals surface area contributed by atoms with Crippen molar-refractivity contribution >= 4 is 62.7 Å². The van der Waals surface area contributed by atoms with Gasteiger partial charge in [0.05, 0.1) is 6.61 Å². The van der Waals surface area contributed by atoms with Gasteiger partial charge in [0.25, 0.3) is 0 Å². The van der Waals surface area contributed by atoms with E-state index in [1.165, 1.54) is 30.7 Å². The van der Waals surface area contributed by atoms with Crippen molar-refractivity contribution in [1.82, 2.24) is 10.6 Å². The SMILES string of the molecule is CCOC(=O)CNC(=O)NC(C)C(=O)Nc1cc(Cl)cc(Cl)c1.CCc1ccc(Br)cc1. The van der Waals surface area contributed by atoms with Crippen molar-refractivity contribution in [3.8, 4) is 0 Å². The normalized spacial score (nSPS) is 10.8. The number of carbonyl (C=O) groups excluding carboxylic acids is 3. The summed E-state index contributed by atoms with van der Waals surface area (Å²) >= 11 is 15.0. The molecular formula is C22H26BrCl2N3O4. The van der Waals surface area contributed by atoms with Crippen LogP contribution in [0.25, 0.3) is 0 Å². The fraction of sp³-hybridized carbons (Fsp3) is 0.318. The first-order chi connectivity index (χ1) is 15.1. The van der Waals surface area contributed by atoms with Crippen LogP contribution in [0, 0.1) is 0 Å². The first kappa shape index (κ1) is 27.7. The average molecular weight is 547 g/mol. The molecule has 7 nitrogen and oxygen atoms in total. The van der Waals surface area contributed by atoms with Crippen LogP contribution in [-0.4, -0.2) is 37.1 Å². The summed E-state index contributed by atoms with van der Waals surface area (Å²) < 4.78 is 5.81. The number of hydrogen-bond acceptors (Lipinski definition) is 4. The molecule has 0 spiro atoms. The van der Waals surface area contributed by atoms with E-state index in [-0.39, 0.29) is 13.2 Å². The van der Waals surface area contributed by atoms with Gasteiger partial charge in [-0.25, -0.2) is 4.79 Å². The fourth-order valence-electron chi connectivity index (χ4n) is 2.27. The van der Waals surface area contributed by atoms with Crippen molar-refractivity contribution < 1.29 is 19.1 Å². The molecule has 3 N–H and O–H groups in total. The molecule has 1 unspecified atom stereocenters. The molecule has 0 aliphatic heterocycles. The van der Waals surface area contributed by atoms with E-state index in [9.17, 15) is 14.4 Å². The van der Waals surface area contributed by atoms with Gasteiger partial charge in [0, 0.05) is 20.2 Å². The molecule has 174 valence electrons. The van der Waals surface area contributed by atoms with Crippen molar-refractivity contribution in [2.75, 3.05) is 18.5 Å². The molecule has 2 aromatic rings. The number of aryl methyl sites for hydroxylation is 1. The number of ether oxygens (including phenoxy) is 1. The first-order valence-corrected chi connectivity index (χ1v) is 11.4. The summed E-state index contributed by atoms with van der Waals surface area (Å²) in [6.07, 6.45) is 1.12. The maximum absolute atomic E-state index is 12.0. The van der Waals surface area contributed by atoms with Crippen molar-refractivity contribution in [1.29, 1.82) is 0 Å². The Bertz CT molecular complexity index is 890. The number of carbonyl (C=O) groups is 3. The lowest BCUT2D eigenvalue weighted by molar-refractivity contribution is -0.141. The largest absolute Gasteiger partial charge is 0.465 e. The van der Waals surface area contributed by atoms with Crippen LogP contribution >= 0.6 is 39.1 Å². The topological polar surface area (TPSA) is 96.5 Å². The Kier molecular flexibility index (Phi) is 12.8. The molecule has 10 heteroatoms. The number of benzene rings is 2. The fourth-order valence-corrected chi connectivity index (χ4v) is 3.06. The summed E-state index contributed by atoms with van der Waals surface area (Å²) in [5.41, 5.74) is 1.80. The molecule has 2 aromatic carbocycles. The minimum Gasteiger partial charge on any atom is -0.465 e. The van der Waals surface area contributed by atoms with Crippen LogP contribution in [-0.2, 0) is 20.7 Å². The molecule has 0 aliphatic rings. The van der Waals surface area contributed by atoms with Gasteiger partial charge >= 0.3 is 12.0 Å². The lowest BCUT2D eigenvalue weighted by atomic mass is 10.2. The maximum atomic E-state index is 12.0. The Morgan fingerprint density at radius 3 is 2.16 bits per heavy atom. The number of rotatable bonds is 7. The number of halogens is 3. The van der Waals surface area contributed by atoms with Crippen LogP contribution in [0.1, 0.15) is 26.3 Å². The van der Waals surface area contributed by atoms with E-state index >= 15 is 0 Å². The number of hydrogen-bond donors (Lipinski definition) is 3. The molecule has 0 aromatic heterocycles. The zero-order valence-corrected chi connectivity index (χ0v) is 21.1. The molecule has 0 aliphatic carbocycles. The number of esters is 1. The van der Waals surface area contributed by atoms with E-state index in [0.717, 1.165) is 10.9 Å². The summed E-state index contributed by atoms with van der Waals surface area (Å²) in [5.74, 6) is -1.03. The standard InChI is InChI=1S/C14H17Cl2N3O4.C8H9Br/c1-3-23-12(20)7-17-14(22)18-8(2)13(21)19-11-5-9(15)4-10(16)6-11;1-2-7-3-5-8(9)6-4-7/h4-6,8H,3,7H2,1-2H3,(H,19,21)(H2,17,18,22);3-6H,2H2,1H3. The third-order valence-electron chi connectivity index (χ3n) is 3.89. The summed E-state index contributed by atoms with van der Waals surface area (Å²) in [6, 6.07) is 11.5. The summed E-state index contributed by atoms with van der Waals surface area (Å²) in [6.45, 7) is 5.25. The highest BCUT2D eigenvalue weighted by Crippen LogP contribution is 2.22. The molecular weight excluding hydrogens is 521 g/mol. The van der Waals surface area contributed by atoms with Crippen LogP contribution < -0.4 is 16.0 Å². The molecule has 0 fully saturated rings. The Morgan fingerprint density at radius 1 is 1.03 bits per heavy atom. The number of anilines is 1. The maximum Gasteiger partial charge on any atom is 0.325 e. The van der Waals surface area contributed by atoms with Gasteiger partial charge in [-0.3, -0.25) is 9.59 Å². The van der Waals surface area contributed by atoms with Crippen molar-refractivity contribution in [3.63, 3.8) is 0 Å². The number of urea groups is 1. The predicted molar refractivity (Wildman–Crippen MR) is 131 cm³/mol. The van der Waals surface area contributed by atoms with Crippen LogP contribution in [0.15, 0.2) is 46.9 Å². The molecule has 32 heavy (non-hydrogen) atoms. The van der Waals surface area contributed by atoms with E-state index in [1.54, 1.807) is 6.92 Å². The van der Waals surface area contributed by atoms with Gasteiger partial charge in [0.1, 0.15) is 12.6 Å². The molecule has 0 radical (unpaired) electrons. The van der Waals surface area contributed by atoms with Crippen LogP contribution in [0.2, 0.25) is 10.0 Å². The van der Waals surface area contributed by atoms with E-state index < -0.39 is 23.9 Å². The van der Waals surface area contributed by atoms with Gasteiger partial charge in [-0.15, -0.1) is 0 Å². The molecule has 3 amide bonds. The van der Waals surface area contributed by atoms with E-state index in [0.29, 0.717) is 15.7 Å². The van der Waals surface area contributed by atoms with Gasteiger partial charge in [-0.2, -0.15) is 0 Å². The van der Waals surface area contributed by atoms with Crippen LogP contribution in [0.5, 0.6) is 0 Å². The van der Waals surface area contributed by atoms with E-state index in [2.05, 4.69) is 67.8 Å². The lowest BCUT2D eigenvalue weighted by Gasteiger charge is -2.15. The smallest absolute Gasteiger partial charge is 0.325 e. The minimum absolute atomic E-state index is 0.225. The summed E-state index contributed by atoms with van der Waals surface area (Å²) in [5, 5.41) is 8.00. The Labute approximate surface area is 206 Å². The second-order valence-corrected chi connectivity index (χ2v) is 8.27.